The van der Waals surface area contributed by atoms with Gasteiger partial charge < -0.3 is 10.2 Å². The molecule has 0 spiro atoms. The highest BCUT2D eigenvalue weighted by molar-refractivity contribution is 7.13. The summed E-state index contributed by atoms with van der Waals surface area (Å²) in [5, 5.41) is 6.78. The second-order valence-electron chi connectivity index (χ2n) is 6.43. The number of aromatic nitrogens is 1. The molecule has 0 radical (unpaired) electrons. The van der Waals surface area contributed by atoms with E-state index in [1.165, 1.54) is 31.1 Å². The van der Waals surface area contributed by atoms with E-state index in [-0.39, 0.29) is 0 Å². The Morgan fingerprint density at radius 2 is 2.00 bits per heavy atom. The molecule has 4 nitrogen and oxygen atoms in total. The van der Waals surface area contributed by atoms with Crippen LogP contribution in [0.4, 0.5) is 5.13 Å². The smallest absolute Gasteiger partial charge is 0.185 e. The van der Waals surface area contributed by atoms with Gasteiger partial charge in [0.15, 0.2) is 5.13 Å². The van der Waals surface area contributed by atoms with Crippen LogP contribution in [0.5, 0.6) is 0 Å². The van der Waals surface area contributed by atoms with Crippen LogP contribution >= 0.6 is 11.3 Å². The van der Waals surface area contributed by atoms with Crippen molar-refractivity contribution in [2.75, 3.05) is 44.2 Å². The first-order chi connectivity index (χ1) is 10.2. The Balaban J connectivity index is 1.60. The van der Waals surface area contributed by atoms with Crippen LogP contribution in [0, 0.1) is 5.92 Å². The molecule has 21 heavy (non-hydrogen) atoms. The van der Waals surface area contributed by atoms with Crippen LogP contribution in [0.2, 0.25) is 0 Å². The van der Waals surface area contributed by atoms with Gasteiger partial charge in [-0.25, -0.2) is 4.98 Å². The van der Waals surface area contributed by atoms with E-state index in [2.05, 4.69) is 46.3 Å². The number of hydrogen-bond acceptors (Lipinski definition) is 5. The number of thiazole rings is 1. The quantitative estimate of drug-likeness (QED) is 0.748. The molecular formula is C16H30N4S. The Hall–Kier alpha value is -0.650. The van der Waals surface area contributed by atoms with Crippen LogP contribution < -0.4 is 10.2 Å². The van der Waals surface area contributed by atoms with Gasteiger partial charge in [-0.05, 0) is 38.8 Å². The molecule has 1 fully saturated rings. The molecule has 120 valence electrons. The zero-order valence-electron chi connectivity index (χ0n) is 13.7. The fourth-order valence-corrected chi connectivity index (χ4v) is 3.52. The number of anilines is 1. The fraction of sp³-hybridized carbons (Fsp3) is 0.812. The molecule has 1 atom stereocenters. The van der Waals surface area contributed by atoms with E-state index < -0.39 is 0 Å². The van der Waals surface area contributed by atoms with Crippen molar-refractivity contribution in [1.82, 2.24) is 15.2 Å². The van der Waals surface area contributed by atoms with Crippen LogP contribution in [0.1, 0.15) is 33.6 Å². The number of nitrogens with one attached hydrogen (secondary N) is 1. The van der Waals surface area contributed by atoms with Crippen LogP contribution in [0.25, 0.3) is 0 Å². The summed E-state index contributed by atoms with van der Waals surface area (Å²) in [4.78, 5) is 9.46. The zero-order chi connectivity index (χ0) is 15.1. The summed E-state index contributed by atoms with van der Waals surface area (Å²) in [6, 6.07) is 0.698. The van der Waals surface area contributed by atoms with Gasteiger partial charge in [0.2, 0.25) is 0 Å². The van der Waals surface area contributed by atoms with E-state index in [1.807, 2.05) is 6.20 Å². The third-order valence-electron chi connectivity index (χ3n) is 4.16. The molecule has 1 aromatic heterocycles. The second-order valence-corrected chi connectivity index (χ2v) is 7.30. The minimum atomic E-state index is 0.698. The number of piperazine rings is 1. The van der Waals surface area contributed by atoms with E-state index >= 15 is 0 Å². The molecule has 0 bridgehead atoms. The third kappa shape index (κ3) is 5.57. The van der Waals surface area contributed by atoms with Crippen molar-refractivity contribution in [3.8, 4) is 0 Å². The minimum Gasteiger partial charge on any atom is -0.346 e. The molecule has 1 saturated heterocycles. The summed E-state index contributed by atoms with van der Waals surface area (Å²) in [6.07, 6.45) is 4.47. The maximum absolute atomic E-state index is 4.41. The first-order valence-corrected chi connectivity index (χ1v) is 9.14. The van der Waals surface area contributed by atoms with Crippen LogP contribution in [-0.4, -0.2) is 55.2 Å². The SMILES string of the molecule is CC(C)CNCCCC(C)N1CCN(c2nccs2)CC1. The average molecular weight is 311 g/mol. The second kappa shape index (κ2) is 8.71. The third-order valence-corrected chi connectivity index (χ3v) is 4.99. The maximum atomic E-state index is 4.41. The molecule has 0 amide bonds. The van der Waals surface area contributed by atoms with Crippen LogP contribution in [0.15, 0.2) is 11.6 Å². The van der Waals surface area contributed by atoms with Gasteiger partial charge in [-0.1, -0.05) is 13.8 Å². The molecule has 0 aromatic carbocycles. The predicted octanol–water partition coefficient (Wildman–Crippen LogP) is 2.68. The van der Waals surface area contributed by atoms with E-state index in [0.29, 0.717) is 6.04 Å². The summed E-state index contributed by atoms with van der Waals surface area (Å²) in [5.74, 6) is 0.751. The van der Waals surface area contributed by atoms with Gasteiger partial charge >= 0.3 is 0 Å². The van der Waals surface area contributed by atoms with Gasteiger partial charge in [-0.15, -0.1) is 11.3 Å². The largest absolute Gasteiger partial charge is 0.346 e. The number of nitrogens with zero attached hydrogens (tertiary/aromatic N) is 3. The lowest BCUT2D eigenvalue weighted by Gasteiger charge is -2.38. The summed E-state index contributed by atoms with van der Waals surface area (Å²) < 4.78 is 0. The van der Waals surface area contributed by atoms with E-state index in [4.69, 9.17) is 0 Å². The number of hydrogen-bond donors (Lipinski definition) is 1. The molecule has 0 aliphatic carbocycles. The average Bonchev–Trinajstić information content (AvgIpc) is 3.01. The Kier molecular flexibility index (Phi) is 6.93. The lowest BCUT2D eigenvalue weighted by atomic mass is 10.1. The zero-order valence-corrected chi connectivity index (χ0v) is 14.5. The van der Waals surface area contributed by atoms with Crippen LogP contribution in [-0.2, 0) is 0 Å². The lowest BCUT2D eigenvalue weighted by molar-refractivity contribution is 0.186. The molecule has 2 heterocycles. The van der Waals surface area contributed by atoms with Crippen molar-refractivity contribution < 1.29 is 0 Å². The number of rotatable bonds is 8. The van der Waals surface area contributed by atoms with Crippen molar-refractivity contribution in [2.24, 2.45) is 5.92 Å². The van der Waals surface area contributed by atoms with E-state index in [9.17, 15) is 0 Å². The Labute approximate surface area is 133 Å². The van der Waals surface area contributed by atoms with Gasteiger partial charge in [0.25, 0.3) is 0 Å². The van der Waals surface area contributed by atoms with Crippen molar-refractivity contribution in [3.63, 3.8) is 0 Å². The minimum absolute atomic E-state index is 0.698. The molecule has 1 unspecified atom stereocenters. The molecule has 1 aromatic rings. The highest BCUT2D eigenvalue weighted by atomic mass is 32.1. The standard InChI is InChI=1S/C16H30N4S/c1-14(2)13-17-6-4-5-15(3)19-8-10-20(11-9-19)16-18-7-12-21-16/h7,12,14-15,17H,4-6,8-11,13H2,1-3H3. The van der Waals surface area contributed by atoms with Crippen molar-refractivity contribution in [1.29, 1.82) is 0 Å². The molecule has 1 N–H and O–H groups in total. The topological polar surface area (TPSA) is 31.4 Å². The molecule has 1 aliphatic heterocycles. The Morgan fingerprint density at radius 1 is 1.24 bits per heavy atom. The lowest BCUT2D eigenvalue weighted by Crippen LogP contribution is -2.49. The first-order valence-electron chi connectivity index (χ1n) is 8.26. The molecule has 5 heteroatoms. The van der Waals surface area contributed by atoms with Gasteiger partial charge in [0, 0.05) is 43.8 Å². The Bertz CT molecular complexity index is 372. The van der Waals surface area contributed by atoms with Gasteiger partial charge in [-0.2, -0.15) is 0 Å². The van der Waals surface area contributed by atoms with E-state index in [0.717, 1.165) is 32.1 Å². The van der Waals surface area contributed by atoms with Gasteiger partial charge in [0.1, 0.15) is 0 Å². The Morgan fingerprint density at radius 3 is 2.62 bits per heavy atom. The summed E-state index contributed by atoms with van der Waals surface area (Å²) >= 11 is 1.75. The first kappa shape index (κ1) is 16.7. The highest BCUT2D eigenvalue weighted by Gasteiger charge is 2.21. The van der Waals surface area contributed by atoms with Crippen molar-refractivity contribution in [2.45, 2.75) is 39.7 Å². The van der Waals surface area contributed by atoms with Crippen LogP contribution in [0.3, 0.4) is 0 Å². The van der Waals surface area contributed by atoms with E-state index in [1.54, 1.807) is 11.3 Å². The fourth-order valence-electron chi connectivity index (χ4n) is 2.82. The molecule has 0 saturated carbocycles. The monoisotopic (exact) mass is 310 g/mol. The molecule has 1 aliphatic rings. The van der Waals surface area contributed by atoms with Crippen molar-refractivity contribution in [3.05, 3.63) is 11.6 Å². The van der Waals surface area contributed by atoms with Gasteiger partial charge in [-0.3, -0.25) is 4.90 Å². The predicted molar refractivity (Wildman–Crippen MR) is 92.3 cm³/mol. The summed E-state index contributed by atoms with van der Waals surface area (Å²) in [7, 11) is 0. The summed E-state index contributed by atoms with van der Waals surface area (Å²) in [5.41, 5.74) is 0. The molecule has 2 rings (SSSR count). The maximum Gasteiger partial charge on any atom is 0.185 e. The van der Waals surface area contributed by atoms with Gasteiger partial charge in [0.05, 0.1) is 0 Å². The molecular weight excluding hydrogens is 280 g/mol. The van der Waals surface area contributed by atoms with Crippen molar-refractivity contribution >= 4 is 16.5 Å². The normalized spacial score (nSPS) is 18.4. The summed E-state index contributed by atoms with van der Waals surface area (Å²) in [6.45, 7) is 13.8. The highest BCUT2D eigenvalue weighted by Crippen LogP contribution is 2.20.